The van der Waals surface area contributed by atoms with Gasteiger partial charge in [-0.05, 0) is 0 Å². The van der Waals surface area contributed by atoms with Gasteiger partial charge in [-0.1, -0.05) is 13.0 Å². The Morgan fingerprint density at radius 2 is 2.56 bits per heavy atom. The molecule has 0 fully saturated rings. The smallest absolute Gasteiger partial charge is 0.350 e. The van der Waals surface area contributed by atoms with Gasteiger partial charge in [0, 0.05) is 12.1 Å². The summed E-state index contributed by atoms with van der Waals surface area (Å²) in [5, 5.41) is 8.41. The molecule has 1 unspecified atom stereocenters. The molecule has 1 heterocycles. The van der Waals surface area contributed by atoms with Gasteiger partial charge in [0.25, 0.3) is 0 Å². The maximum atomic E-state index is 10.2. The first-order chi connectivity index (χ1) is 4.22. The lowest BCUT2D eigenvalue weighted by atomic mass is 10.1. The van der Waals surface area contributed by atoms with E-state index >= 15 is 0 Å². The monoisotopic (exact) mass is 125 g/mol. The van der Waals surface area contributed by atoms with E-state index in [-0.39, 0.29) is 11.6 Å². The highest BCUT2D eigenvalue weighted by atomic mass is 16.4. The molecule has 0 saturated carbocycles. The summed E-state index contributed by atoms with van der Waals surface area (Å²) in [6.07, 6.45) is 3.28. The van der Waals surface area contributed by atoms with E-state index in [0.717, 1.165) is 0 Å². The van der Waals surface area contributed by atoms with Crippen molar-refractivity contribution in [1.82, 2.24) is 0 Å². The lowest BCUT2D eigenvalue weighted by molar-refractivity contribution is -0.129. The number of allylic oxidation sites excluding steroid dienone is 1. The molecule has 0 radical (unpaired) electrons. The highest BCUT2D eigenvalue weighted by Gasteiger charge is 2.17. The second-order valence-corrected chi connectivity index (χ2v) is 1.95. The number of nitrogens with zero attached hydrogens (tertiary/aromatic N) is 1. The Balaban J connectivity index is 2.76. The molecule has 1 atom stereocenters. The second-order valence-electron chi connectivity index (χ2n) is 1.95. The van der Waals surface area contributed by atoms with Crippen LogP contribution in [0, 0.1) is 5.92 Å². The van der Waals surface area contributed by atoms with Gasteiger partial charge >= 0.3 is 5.97 Å². The Bertz CT molecular complexity index is 193. The van der Waals surface area contributed by atoms with Crippen molar-refractivity contribution < 1.29 is 9.90 Å². The van der Waals surface area contributed by atoms with Crippen molar-refractivity contribution in [1.29, 1.82) is 0 Å². The van der Waals surface area contributed by atoms with Crippen LogP contribution in [-0.4, -0.2) is 16.8 Å². The molecule has 0 aromatic carbocycles. The van der Waals surface area contributed by atoms with Gasteiger partial charge in [-0.3, -0.25) is 4.99 Å². The SMILES string of the molecule is CC1C=CN=C1C(=O)O. The molecule has 0 amide bonds. The normalized spacial score (nSPS) is 24.1. The second kappa shape index (κ2) is 2.01. The predicted molar refractivity (Wildman–Crippen MR) is 33.4 cm³/mol. The Morgan fingerprint density at radius 3 is 2.78 bits per heavy atom. The number of carboxylic acid groups (broad SMARTS) is 1. The quantitative estimate of drug-likeness (QED) is 0.560. The van der Waals surface area contributed by atoms with Crippen molar-refractivity contribution in [2.24, 2.45) is 10.9 Å². The van der Waals surface area contributed by atoms with Crippen LogP contribution in [0.2, 0.25) is 0 Å². The Morgan fingerprint density at radius 1 is 1.89 bits per heavy atom. The third-order valence-corrected chi connectivity index (χ3v) is 1.24. The summed E-state index contributed by atoms with van der Waals surface area (Å²) < 4.78 is 0. The summed E-state index contributed by atoms with van der Waals surface area (Å²) in [5.41, 5.74) is 0.231. The lowest BCUT2D eigenvalue weighted by Gasteiger charge is -1.96. The van der Waals surface area contributed by atoms with Gasteiger partial charge in [0.2, 0.25) is 0 Å². The minimum atomic E-state index is -0.924. The summed E-state index contributed by atoms with van der Waals surface area (Å²) in [6.45, 7) is 1.80. The minimum Gasteiger partial charge on any atom is -0.477 e. The average molecular weight is 125 g/mol. The summed E-state index contributed by atoms with van der Waals surface area (Å²) in [5.74, 6) is -0.949. The number of aliphatic imine (C=N–C) groups is 1. The topological polar surface area (TPSA) is 49.7 Å². The van der Waals surface area contributed by atoms with Crippen LogP contribution < -0.4 is 0 Å². The van der Waals surface area contributed by atoms with Crippen LogP contribution in [0.1, 0.15) is 6.92 Å². The van der Waals surface area contributed by atoms with E-state index in [2.05, 4.69) is 4.99 Å². The molecule has 1 rings (SSSR count). The molecule has 0 aromatic heterocycles. The third-order valence-electron chi connectivity index (χ3n) is 1.24. The zero-order valence-corrected chi connectivity index (χ0v) is 5.03. The van der Waals surface area contributed by atoms with E-state index in [1.807, 2.05) is 0 Å². The summed E-state index contributed by atoms with van der Waals surface area (Å²) in [6, 6.07) is 0. The van der Waals surface area contributed by atoms with Crippen LogP contribution in [0.15, 0.2) is 17.3 Å². The van der Waals surface area contributed by atoms with Crippen molar-refractivity contribution in [3.05, 3.63) is 12.3 Å². The molecule has 1 aliphatic rings. The number of rotatable bonds is 1. The highest BCUT2D eigenvalue weighted by Crippen LogP contribution is 2.08. The van der Waals surface area contributed by atoms with Crippen LogP contribution >= 0.6 is 0 Å². The van der Waals surface area contributed by atoms with Crippen molar-refractivity contribution in [2.45, 2.75) is 6.92 Å². The van der Waals surface area contributed by atoms with E-state index in [4.69, 9.17) is 5.11 Å². The first-order valence-electron chi connectivity index (χ1n) is 2.69. The molecule has 1 aliphatic heterocycles. The molecule has 0 bridgehead atoms. The lowest BCUT2D eigenvalue weighted by Crippen LogP contribution is -2.16. The Kier molecular flexibility index (Phi) is 1.34. The Hall–Kier alpha value is -1.12. The largest absolute Gasteiger partial charge is 0.477 e. The number of carbonyl (C=O) groups is 1. The van der Waals surface area contributed by atoms with Crippen LogP contribution in [0.5, 0.6) is 0 Å². The molecule has 0 spiro atoms. The number of hydrogen-bond acceptors (Lipinski definition) is 2. The standard InChI is InChI=1S/C6H7NO2/c1-4-2-3-7-5(4)6(8)9/h2-4H,1H3,(H,8,9). The van der Waals surface area contributed by atoms with Crippen molar-refractivity contribution >= 4 is 11.7 Å². The van der Waals surface area contributed by atoms with Gasteiger partial charge < -0.3 is 5.11 Å². The average Bonchev–Trinajstić information content (AvgIpc) is 2.13. The molecule has 48 valence electrons. The van der Waals surface area contributed by atoms with Gasteiger partial charge in [-0.2, -0.15) is 0 Å². The van der Waals surface area contributed by atoms with Crippen LogP contribution in [0.3, 0.4) is 0 Å². The zero-order valence-electron chi connectivity index (χ0n) is 5.03. The van der Waals surface area contributed by atoms with Gasteiger partial charge in [-0.15, -0.1) is 0 Å². The molecule has 1 N–H and O–H groups in total. The van der Waals surface area contributed by atoms with E-state index in [1.54, 1.807) is 13.0 Å². The summed E-state index contributed by atoms with van der Waals surface area (Å²) in [4.78, 5) is 13.9. The van der Waals surface area contributed by atoms with Crippen molar-refractivity contribution in [3.63, 3.8) is 0 Å². The van der Waals surface area contributed by atoms with Crippen molar-refractivity contribution in [2.75, 3.05) is 0 Å². The van der Waals surface area contributed by atoms with Crippen LogP contribution in [-0.2, 0) is 4.79 Å². The van der Waals surface area contributed by atoms with Crippen LogP contribution in [0.25, 0.3) is 0 Å². The third kappa shape index (κ3) is 0.988. The summed E-state index contributed by atoms with van der Waals surface area (Å²) >= 11 is 0. The number of hydrogen-bond donors (Lipinski definition) is 1. The van der Waals surface area contributed by atoms with E-state index < -0.39 is 5.97 Å². The first-order valence-corrected chi connectivity index (χ1v) is 2.69. The fourth-order valence-corrected chi connectivity index (χ4v) is 0.711. The molecule has 3 nitrogen and oxygen atoms in total. The highest BCUT2D eigenvalue weighted by molar-refractivity contribution is 6.37. The fourth-order valence-electron chi connectivity index (χ4n) is 0.711. The number of aliphatic carboxylic acids is 1. The van der Waals surface area contributed by atoms with E-state index in [1.165, 1.54) is 6.20 Å². The molecule has 9 heavy (non-hydrogen) atoms. The van der Waals surface area contributed by atoms with Gasteiger partial charge in [0.05, 0.1) is 0 Å². The Labute approximate surface area is 52.7 Å². The zero-order chi connectivity index (χ0) is 6.85. The molecule has 3 heteroatoms. The maximum absolute atomic E-state index is 10.2. The fraction of sp³-hybridized carbons (Fsp3) is 0.333. The summed E-state index contributed by atoms with van der Waals surface area (Å²) in [7, 11) is 0. The molecular formula is C6H7NO2. The predicted octanol–water partition coefficient (Wildman–Crippen LogP) is 0.675. The van der Waals surface area contributed by atoms with Crippen molar-refractivity contribution in [3.8, 4) is 0 Å². The van der Waals surface area contributed by atoms with E-state index in [9.17, 15) is 4.79 Å². The van der Waals surface area contributed by atoms with Crippen LogP contribution in [0.4, 0.5) is 0 Å². The maximum Gasteiger partial charge on any atom is 0.350 e. The first kappa shape index (κ1) is 6.01. The molecule has 0 saturated heterocycles. The van der Waals surface area contributed by atoms with E-state index in [0.29, 0.717) is 0 Å². The van der Waals surface area contributed by atoms with Gasteiger partial charge in [-0.25, -0.2) is 4.79 Å². The van der Waals surface area contributed by atoms with Gasteiger partial charge in [0.1, 0.15) is 5.71 Å². The van der Waals surface area contributed by atoms with Gasteiger partial charge in [0.15, 0.2) is 0 Å². The molecular weight excluding hydrogens is 118 g/mol. The number of carboxylic acids is 1. The molecule has 0 aliphatic carbocycles. The minimum absolute atomic E-state index is 0.0255. The molecule has 0 aromatic rings.